The summed E-state index contributed by atoms with van der Waals surface area (Å²) in [6, 6.07) is -0.377. The zero-order valence-electron chi connectivity index (χ0n) is 19.0. The maximum Gasteiger partial charge on any atom is 0.314 e. The molecule has 0 bridgehead atoms. The van der Waals surface area contributed by atoms with Gasteiger partial charge in [-0.25, -0.2) is 0 Å². The number of methoxy groups -OCH3 is 1. The maximum absolute atomic E-state index is 13.5. The van der Waals surface area contributed by atoms with Crippen molar-refractivity contribution in [2.45, 2.75) is 71.8 Å². The second-order valence-electron chi connectivity index (χ2n) is 9.04. The van der Waals surface area contributed by atoms with Gasteiger partial charge in [0.1, 0.15) is 17.8 Å². The van der Waals surface area contributed by atoms with E-state index in [0.29, 0.717) is 13.0 Å². The highest BCUT2D eigenvalue weighted by atomic mass is 28.4. The molecule has 1 saturated heterocycles. The molecule has 164 valence electrons. The van der Waals surface area contributed by atoms with Gasteiger partial charge in [-0.1, -0.05) is 32.4 Å². The number of esters is 1. The van der Waals surface area contributed by atoms with Crippen LogP contribution in [0.2, 0.25) is 19.6 Å². The summed E-state index contributed by atoms with van der Waals surface area (Å²) in [5, 5.41) is 0. The van der Waals surface area contributed by atoms with Gasteiger partial charge in [-0.05, 0) is 45.5 Å². The van der Waals surface area contributed by atoms with E-state index in [-0.39, 0.29) is 24.5 Å². The first-order valence-electron chi connectivity index (χ1n) is 10.7. The van der Waals surface area contributed by atoms with Crippen molar-refractivity contribution in [2.24, 2.45) is 11.3 Å². The van der Waals surface area contributed by atoms with Crippen molar-refractivity contribution in [3.8, 4) is 0 Å². The Balaban J connectivity index is 2.58. The van der Waals surface area contributed by atoms with Gasteiger partial charge in [-0.2, -0.15) is 0 Å². The Morgan fingerprint density at radius 1 is 1.31 bits per heavy atom. The Bertz CT molecular complexity index is 669. The number of unbranched alkanes of at least 4 members (excludes halogenated alkanes) is 1. The van der Waals surface area contributed by atoms with Gasteiger partial charge in [-0.3, -0.25) is 9.59 Å². The lowest BCUT2D eigenvalue weighted by Crippen LogP contribution is -2.51. The van der Waals surface area contributed by atoms with Crippen molar-refractivity contribution >= 4 is 20.2 Å². The predicted molar refractivity (Wildman–Crippen MR) is 116 cm³/mol. The molecular formula is C22H37NO5Si. The van der Waals surface area contributed by atoms with E-state index in [0.717, 1.165) is 18.6 Å². The monoisotopic (exact) mass is 423 g/mol. The largest absolute Gasteiger partial charge is 0.500 e. The van der Waals surface area contributed by atoms with Gasteiger partial charge >= 0.3 is 5.97 Å². The highest BCUT2D eigenvalue weighted by Gasteiger charge is 2.60. The second-order valence-corrected chi connectivity index (χ2v) is 13.5. The summed E-state index contributed by atoms with van der Waals surface area (Å²) in [6.07, 6.45) is 7.68. The van der Waals surface area contributed by atoms with E-state index < -0.39 is 25.8 Å². The highest BCUT2D eigenvalue weighted by molar-refractivity contribution is 6.70. The average molecular weight is 424 g/mol. The minimum Gasteiger partial charge on any atom is -0.500 e. The van der Waals surface area contributed by atoms with Crippen LogP contribution in [0.25, 0.3) is 0 Å². The van der Waals surface area contributed by atoms with Crippen LogP contribution in [0, 0.1) is 11.3 Å². The molecule has 1 fully saturated rings. The molecule has 29 heavy (non-hydrogen) atoms. The molecule has 2 rings (SSSR count). The van der Waals surface area contributed by atoms with Crippen LogP contribution in [0.15, 0.2) is 24.0 Å². The van der Waals surface area contributed by atoms with Gasteiger partial charge in [0.2, 0.25) is 0 Å². The predicted octanol–water partition coefficient (Wildman–Crippen LogP) is 3.89. The molecule has 1 heterocycles. The second kappa shape index (κ2) is 9.47. The van der Waals surface area contributed by atoms with Crippen molar-refractivity contribution in [1.29, 1.82) is 0 Å². The standard InChI is InChI=1S/C22H37NO5Si/c1-8-10-15-23-19(22(3)14-12-11-13-16(22)26-4)17(21(25)27-9-2)18(20(23)24)28-29(5,6)7/h11-13,17-19H,8-10,14-15H2,1-7H3/t17-,18?,19-,22?/m0/s1. The van der Waals surface area contributed by atoms with Gasteiger partial charge in [0.25, 0.3) is 5.91 Å². The Hall–Kier alpha value is -1.60. The van der Waals surface area contributed by atoms with Crippen LogP contribution in [-0.2, 0) is 23.5 Å². The van der Waals surface area contributed by atoms with E-state index >= 15 is 0 Å². The number of carbonyl (C=O) groups excluding carboxylic acids is 2. The van der Waals surface area contributed by atoms with Crippen LogP contribution in [0.1, 0.15) is 40.0 Å². The summed E-state index contributed by atoms with van der Waals surface area (Å²) in [7, 11) is -0.435. The fraction of sp³-hybridized carbons (Fsp3) is 0.727. The smallest absolute Gasteiger partial charge is 0.314 e. The van der Waals surface area contributed by atoms with Crippen LogP contribution < -0.4 is 0 Å². The zero-order valence-corrected chi connectivity index (χ0v) is 20.0. The molecule has 6 nitrogen and oxygen atoms in total. The van der Waals surface area contributed by atoms with Crippen molar-refractivity contribution in [3.05, 3.63) is 24.0 Å². The van der Waals surface area contributed by atoms with Crippen molar-refractivity contribution in [3.63, 3.8) is 0 Å². The quantitative estimate of drug-likeness (QED) is 0.416. The number of carbonyl (C=O) groups is 2. The lowest BCUT2D eigenvalue weighted by molar-refractivity contribution is -0.153. The van der Waals surface area contributed by atoms with Gasteiger partial charge in [0.15, 0.2) is 8.32 Å². The normalized spacial score (nSPS) is 29.8. The van der Waals surface area contributed by atoms with Crippen LogP contribution in [0.4, 0.5) is 0 Å². The third-order valence-corrected chi connectivity index (χ3v) is 6.64. The Morgan fingerprint density at radius 3 is 2.55 bits per heavy atom. The molecule has 0 N–H and O–H groups in total. The fourth-order valence-corrected chi connectivity index (χ4v) is 5.46. The maximum atomic E-state index is 13.5. The van der Waals surface area contributed by atoms with Crippen molar-refractivity contribution in [1.82, 2.24) is 4.90 Å². The number of amides is 1. The number of hydrogen-bond acceptors (Lipinski definition) is 5. The molecule has 1 aliphatic heterocycles. The third-order valence-electron chi connectivity index (χ3n) is 5.68. The van der Waals surface area contributed by atoms with Gasteiger partial charge in [0, 0.05) is 12.0 Å². The number of hydrogen-bond donors (Lipinski definition) is 0. The van der Waals surface area contributed by atoms with Crippen LogP contribution >= 0.6 is 0 Å². The van der Waals surface area contributed by atoms with E-state index in [1.165, 1.54) is 0 Å². The number of nitrogens with zero attached hydrogens (tertiary/aromatic N) is 1. The minimum absolute atomic E-state index is 0.102. The van der Waals surface area contributed by atoms with Gasteiger partial charge in [0.05, 0.1) is 19.8 Å². The molecule has 0 saturated carbocycles. The first kappa shape index (κ1) is 23.7. The van der Waals surface area contributed by atoms with E-state index in [4.69, 9.17) is 13.9 Å². The molecule has 1 amide bonds. The molecule has 0 spiro atoms. The highest BCUT2D eigenvalue weighted by Crippen LogP contribution is 2.48. The molecule has 2 unspecified atom stereocenters. The zero-order chi connectivity index (χ0) is 21.8. The van der Waals surface area contributed by atoms with E-state index in [9.17, 15) is 9.59 Å². The molecule has 1 aliphatic carbocycles. The number of ether oxygens (including phenoxy) is 2. The Labute approximate surface area is 176 Å². The first-order chi connectivity index (χ1) is 13.6. The summed E-state index contributed by atoms with van der Waals surface area (Å²) in [6.45, 7) is 12.9. The SMILES string of the molecule is CCCCN1C(=O)C(O[Si](C)(C)C)[C@H](C(=O)OCC)[C@H]1C1(C)CC=CC=C1OC. The summed E-state index contributed by atoms with van der Waals surface area (Å²) >= 11 is 0. The third kappa shape index (κ3) is 4.94. The topological polar surface area (TPSA) is 65.1 Å². The molecule has 7 heteroatoms. The van der Waals surface area contributed by atoms with Crippen molar-refractivity contribution < 1.29 is 23.5 Å². The summed E-state index contributed by atoms with van der Waals surface area (Å²) in [5.74, 6) is -0.363. The summed E-state index contributed by atoms with van der Waals surface area (Å²) < 4.78 is 17.5. The molecular weight excluding hydrogens is 386 g/mol. The number of rotatable bonds is 9. The number of likely N-dealkylation sites (tertiary alicyclic amines) is 1. The molecule has 2 aliphatic rings. The lowest BCUT2D eigenvalue weighted by Gasteiger charge is -2.43. The first-order valence-corrected chi connectivity index (χ1v) is 14.1. The van der Waals surface area contributed by atoms with E-state index in [1.54, 1.807) is 14.0 Å². The van der Waals surface area contributed by atoms with E-state index in [2.05, 4.69) is 19.9 Å². The van der Waals surface area contributed by atoms with E-state index in [1.807, 2.05) is 36.7 Å². The van der Waals surface area contributed by atoms with Crippen molar-refractivity contribution in [2.75, 3.05) is 20.3 Å². The van der Waals surface area contributed by atoms with Gasteiger partial charge in [-0.15, -0.1) is 0 Å². The molecule has 0 radical (unpaired) electrons. The van der Waals surface area contributed by atoms with Crippen LogP contribution in [0.3, 0.4) is 0 Å². The fourth-order valence-electron chi connectivity index (χ4n) is 4.45. The molecule has 0 aromatic carbocycles. The number of allylic oxidation sites excluding steroid dienone is 3. The lowest BCUT2D eigenvalue weighted by atomic mass is 9.70. The summed E-state index contributed by atoms with van der Waals surface area (Å²) in [4.78, 5) is 28.6. The van der Waals surface area contributed by atoms with Crippen LogP contribution in [-0.4, -0.2) is 57.5 Å². The molecule has 4 atom stereocenters. The molecule has 0 aromatic rings. The van der Waals surface area contributed by atoms with Crippen LogP contribution in [0.5, 0.6) is 0 Å². The Kier molecular flexibility index (Phi) is 7.73. The minimum atomic E-state index is -2.08. The molecule has 0 aromatic heterocycles. The Morgan fingerprint density at radius 2 is 2.00 bits per heavy atom. The summed E-state index contributed by atoms with van der Waals surface area (Å²) in [5.41, 5.74) is -0.526. The average Bonchev–Trinajstić information content (AvgIpc) is 2.91. The van der Waals surface area contributed by atoms with Gasteiger partial charge < -0.3 is 18.8 Å².